The van der Waals surface area contributed by atoms with Crippen molar-refractivity contribution in [1.82, 2.24) is 4.31 Å². The number of carbonyl (C=O) groups excluding carboxylic acids is 1. The molecule has 5 nitrogen and oxygen atoms in total. The number of benzene rings is 2. The summed E-state index contributed by atoms with van der Waals surface area (Å²) >= 11 is 6.14. The van der Waals surface area contributed by atoms with E-state index in [1.807, 2.05) is 12.1 Å². The molecule has 1 aliphatic rings. The number of halogens is 1. The minimum Gasteiger partial charge on any atom is -0.454 e. The van der Waals surface area contributed by atoms with Crippen molar-refractivity contribution in [1.29, 1.82) is 0 Å². The van der Waals surface area contributed by atoms with E-state index in [1.54, 1.807) is 19.1 Å². The van der Waals surface area contributed by atoms with Crippen molar-refractivity contribution in [3.8, 4) is 0 Å². The number of ether oxygens (including phenoxy) is 1. The molecular formula is C21H24ClNO4S. The molecule has 2 aromatic carbocycles. The summed E-state index contributed by atoms with van der Waals surface area (Å²) in [5, 5.41) is 0.528. The van der Waals surface area contributed by atoms with Gasteiger partial charge in [-0.2, -0.15) is 4.31 Å². The summed E-state index contributed by atoms with van der Waals surface area (Å²) in [7, 11) is -3.54. The molecule has 0 aliphatic carbocycles. The average Bonchev–Trinajstić information content (AvgIpc) is 2.68. The Labute approximate surface area is 171 Å². The van der Waals surface area contributed by atoms with Gasteiger partial charge < -0.3 is 4.74 Å². The Morgan fingerprint density at radius 3 is 2.32 bits per heavy atom. The molecule has 1 heterocycles. The van der Waals surface area contributed by atoms with Crippen molar-refractivity contribution in [2.45, 2.75) is 37.7 Å². The van der Waals surface area contributed by atoms with Crippen LogP contribution in [0.15, 0.2) is 53.4 Å². The van der Waals surface area contributed by atoms with Crippen LogP contribution in [0, 0.1) is 5.92 Å². The van der Waals surface area contributed by atoms with Gasteiger partial charge in [0.2, 0.25) is 10.0 Å². The number of nitrogens with zero attached hydrogens (tertiary/aromatic N) is 1. The molecular weight excluding hydrogens is 398 g/mol. The van der Waals surface area contributed by atoms with Gasteiger partial charge >= 0.3 is 5.97 Å². The lowest BCUT2D eigenvalue weighted by molar-refractivity contribution is 0.0338. The van der Waals surface area contributed by atoms with E-state index >= 15 is 0 Å². The Morgan fingerprint density at radius 2 is 1.71 bits per heavy atom. The molecule has 0 saturated carbocycles. The Kier molecular flexibility index (Phi) is 6.43. The Bertz CT molecular complexity index is 935. The van der Waals surface area contributed by atoms with Crippen molar-refractivity contribution in [2.75, 3.05) is 13.1 Å². The monoisotopic (exact) mass is 421 g/mol. The zero-order valence-corrected chi connectivity index (χ0v) is 17.5. The molecule has 0 radical (unpaired) electrons. The molecule has 1 aliphatic heterocycles. The predicted molar refractivity (Wildman–Crippen MR) is 109 cm³/mol. The summed E-state index contributed by atoms with van der Waals surface area (Å²) in [5.41, 5.74) is 1.01. The number of hydrogen-bond acceptors (Lipinski definition) is 4. The largest absolute Gasteiger partial charge is 0.454 e. The van der Waals surface area contributed by atoms with Gasteiger partial charge in [0.1, 0.15) is 6.10 Å². The van der Waals surface area contributed by atoms with Crippen LogP contribution in [0.5, 0.6) is 0 Å². The first-order valence-electron chi connectivity index (χ1n) is 9.34. The first-order valence-corrected chi connectivity index (χ1v) is 11.2. The fraction of sp³-hybridized carbons (Fsp3) is 0.381. The van der Waals surface area contributed by atoms with E-state index in [-0.39, 0.29) is 4.90 Å². The van der Waals surface area contributed by atoms with Gasteiger partial charge in [-0.1, -0.05) is 36.7 Å². The second kappa shape index (κ2) is 8.64. The molecule has 0 N–H and O–H groups in total. The smallest absolute Gasteiger partial charge is 0.338 e. The molecule has 1 fully saturated rings. The SMILES string of the molecule is CC1CCN(S(=O)(=O)c2ccc(C(=O)O[C@H](C)c3ccccc3Cl)cc2)CC1. The number of carbonyl (C=O) groups is 1. The van der Waals surface area contributed by atoms with Crippen molar-refractivity contribution in [3.63, 3.8) is 0 Å². The van der Waals surface area contributed by atoms with Crippen LogP contribution in [0.4, 0.5) is 0 Å². The first-order chi connectivity index (χ1) is 13.3. The highest BCUT2D eigenvalue weighted by molar-refractivity contribution is 7.89. The molecule has 3 rings (SSSR count). The lowest BCUT2D eigenvalue weighted by Crippen LogP contribution is -2.37. The highest BCUT2D eigenvalue weighted by atomic mass is 35.5. The maximum absolute atomic E-state index is 12.8. The van der Waals surface area contributed by atoms with Crippen molar-refractivity contribution in [3.05, 3.63) is 64.7 Å². The van der Waals surface area contributed by atoms with Gasteiger partial charge in [-0.05, 0) is 56.0 Å². The molecule has 28 heavy (non-hydrogen) atoms. The highest BCUT2D eigenvalue weighted by Gasteiger charge is 2.28. The topological polar surface area (TPSA) is 63.7 Å². The Hall–Kier alpha value is -1.89. The van der Waals surface area contributed by atoms with E-state index in [2.05, 4.69) is 6.92 Å². The highest BCUT2D eigenvalue weighted by Crippen LogP contribution is 2.27. The third-order valence-electron chi connectivity index (χ3n) is 5.10. The summed E-state index contributed by atoms with van der Waals surface area (Å²) in [6.07, 6.45) is 1.22. The van der Waals surface area contributed by atoms with Crippen LogP contribution in [0.1, 0.15) is 48.7 Å². The number of rotatable bonds is 5. The van der Waals surface area contributed by atoms with E-state index in [0.717, 1.165) is 18.4 Å². The molecule has 7 heteroatoms. The second-order valence-electron chi connectivity index (χ2n) is 7.18. The average molecular weight is 422 g/mol. The lowest BCUT2D eigenvalue weighted by atomic mass is 10.0. The van der Waals surface area contributed by atoms with Crippen molar-refractivity contribution in [2.24, 2.45) is 5.92 Å². The van der Waals surface area contributed by atoms with E-state index in [1.165, 1.54) is 28.6 Å². The predicted octanol–water partition coefficient (Wildman–Crippen LogP) is 4.68. The zero-order valence-electron chi connectivity index (χ0n) is 16.0. The van der Waals surface area contributed by atoms with Crippen molar-refractivity contribution < 1.29 is 17.9 Å². The summed E-state index contributed by atoms with van der Waals surface area (Å²) < 4.78 is 32.5. The van der Waals surface area contributed by atoms with Crippen LogP contribution in [-0.4, -0.2) is 31.8 Å². The number of piperidine rings is 1. The Morgan fingerprint density at radius 1 is 1.11 bits per heavy atom. The van der Waals surface area contributed by atoms with Gasteiger partial charge in [0.15, 0.2) is 0 Å². The van der Waals surface area contributed by atoms with Crippen LogP contribution >= 0.6 is 11.6 Å². The summed E-state index contributed by atoms with van der Waals surface area (Å²) in [5.74, 6) is 0.0202. The molecule has 1 atom stereocenters. The fourth-order valence-electron chi connectivity index (χ4n) is 3.23. The number of esters is 1. The van der Waals surface area contributed by atoms with Crippen LogP contribution in [0.2, 0.25) is 5.02 Å². The van der Waals surface area contributed by atoms with Crippen LogP contribution in [0.3, 0.4) is 0 Å². The maximum Gasteiger partial charge on any atom is 0.338 e. The van der Waals surface area contributed by atoms with E-state index in [4.69, 9.17) is 16.3 Å². The molecule has 150 valence electrons. The first kappa shape index (κ1) is 20.8. The van der Waals surface area contributed by atoms with Crippen molar-refractivity contribution >= 4 is 27.6 Å². The van der Waals surface area contributed by atoms with Crippen LogP contribution < -0.4 is 0 Å². The number of hydrogen-bond donors (Lipinski definition) is 0. The standard InChI is InChI=1S/C21H24ClNO4S/c1-15-11-13-23(14-12-15)28(25,26)18-9-7-17(8-10-18)21(24)27-16(2)19-5-3-4-6-20(19)22/h3-10,15-16H,11-14H2,1-2H3/t16-/m1/s1. The van der Waals surface area contributed by atoms with E-state index in [9.17, 15) is 13.2 Å². The number of sulfonamides is 1. The quantitative estimate of drug-likeness (QED) is 0.657. The molecule has 0 aromatic heterocycles. The van der Waals surface area contributed by atoms with E-state index in [0.29, 0.717) is 29.6 Å². The van der Waals surface area contributed by atoms with Gasteiger partial charge in [0.25, 0.3) is 0 Å². The fourth-order valence-corrected chi connectivity index (χ4v) is 4.99. The normalized spacial score (nSPS) is 17.2. The van der Waals surface area contributed by atoms with Crippen LogP contribution in [-0.2, 0) is 14.8 Å². The van der Waals surface area contributed by atoms with Gasteiger partial charge in [0, 0.05) is 23.7 Å². The molecule has 0 bridgehead atoms. The van der Waals surface area contributed by atoms with Gasteiger partial charge in [0.05, 0.1) is 10.5 Å². The van der Waals surface area contributed by atoms with E-state index < -0.39 is 22.1 Å². The maximum atomic E-state index is 12.8. The van der Waals surface area contributed by atoms with Gasteiger partial charge in [-0.25, -0.2) is 13.2 Å². The molecule has 0 unspecified atom stereocenters. The second-order valence-corrected chi connectivity index (χ2v) is 9.53. The van der Waals surface area contributed by atoms with Gasteiger partial charge in [-0.15, -0.1) is 0 Å². The third kappa shape index (κ3) is 4.57. The third-order valence-corrected chi connectivity index (χ3v) is 7.35. The molecule has 1 saturated heterocycles. The summed E-state index contributed by atoms with van der Waals surface area (Å²) in [6.45, 7) is 4.94. The summed E-state index contributed by atoms with van der Waals surface area (Å²) in [4.78, 5) is 12.6. The zero-order chi connectivity index (χ0) is 20.3. The Balaban J connectivity index is 1.70. The minimum absolute atomic E-state index is 0.192. The lowest BCUT2D eigenvalue weighted by Gasteiger charge is -2.29. The molecule has 2 aromatic rings. The summed E-state index contributed by atoms with van der Waals surface area (Å²) in [6, 6.07) is 13.1. The minimum atomic E-state index is -3.54. The molecule has 0 amide bonds. The van der Waals surface area contributed by atoms with Crippen LogP contribution in [0.25, 0.3) is 0 Å². The molecule has 0 spiro atoms. The van der Waals surface area contributed by atoms with Gasteiger partial charge in [-0.3, -0.25) is 0 Å².